The van der Waals surface area contributed by atoms with Gasteiger partial charge in [-0.15, -0.1) is 0 Å². The molecule has 1 fully saturated rings. The summed E-state index contributed by atoms with van der Waals surface area (Å²) in [5, 5.41) is 25.2. The maximum atomic E-state index is 12.7. The molecule has 2 N–H and O–H groups in total. The van der Waals surface area contributed by atoms with Crippen molar-refractivity contribution >= 4 is 12.0 Å². The number of urea groups is 1. The van der Waals surface area contributed by atoms with Gasteiger partial charge in [-0.25, -0.2) is 14.5 Å². The third-order valence-corrected chi connectivity index (χ3v) is 6.35. The maximum absolute atomic E-state index is 12.7. The molecule has 2 amide bonds. The Morgan fingerprint density at radius 3 is 2.17 bits per heavy atom. The van der Waals surface area contributed by atoms with Crippen LogP contribution in [0.5, 0.6) is 11.5 Å². The predicted molar refractivity (Wildman–Crippen MR) is 127 cm³/mol. The molecule has 3 aromatic rings. The van der Waals surface area contributed by atoms with Crippen LogP contribution in [0.25, 0.3) is 16.9 Å². The smallest absolute Gasteiger partial charge is 0.343 e. The Kier molecular flexibility index (Phi) is 6.65. The molecule has 2 heterocycles. The molecule has 0 aliphatic carbocycles. The van der Waals surface area contributed by atoms with Crippen molar-refractivity contribution in [1.82, 2.24) is 19.7 Å². The zero-order chi connectivity index (χ0) is 25.2. The predicted octanol–water partition coefficient (Wildman–Crippen LogP) is 3.42. The first-order valence-electron chi connectivity index (χ1n) is 11.1. The van der Waals surface area contributed by atoms with Crippen molar-refractivity contribution < 1.29 is 29.4 Å². The summed E-state index contributed by atoms with van der Waals surface area (Å²) in [7, 11) is 4.39. The molecule has 1 atom stereocenters. The summed E-state index contributed by atoms with van der Waals surface area (Å²) in [5.74, 6) is 0.306. The van der Waals surface area contributed by atoms with E-state index in [1.165, 1.54) is 11.9 Å². The van der Waals surface area contributed by atoms with Crippen molar-refractivity contribution in [2.75, 3.05) is 34.4 Å². The molecule has 184 valence electrons. The Bertz CT molecular complexity index is 1140. The molecule has 0 radical (unpaired) electrons. The van der Waals surface area contributed by atoms with Crippen LogP contribution in [0, 0.1) is 0 Å². The summed E-state index contributed by atoms with van der Waals surface area (Å²) in [6, 6.07) is 15.8. The van der Waals surface area contributed by atoms with E-state index in [9.17, 15) is 19.9 Å². The molecule has 1 aromatic heterocycles. The molecule has 10 nitrogen and oxygen atoms in total. The van der Waals surface area contributed by atoms with Gasteiger partial charge in [0.2, 0.25) is 0 Å². The normalized spacial score (nSPS) is 17.7. The number of aromatic nitrogens is 2. The molecular weight excluding hydrogens is 452 g/mol. The average Bonchev–Trinajstić information content (AvgIpc) is 3.34. The van der Waals surface area contributed by atoms with Crippen molar-refractivity contribution in [2.24, 2.45) is 0 Å². The van der Waals surface area contributed by atoms with E-state index < -0.39 is 17.4 Å². The third-order valence-electron chi connectivity index (χ3n) is 6.35. The number of likely N-dealkylation sites (tertiary alicyclic amines) is 1. The van der Waals surface area contributed by atoms with E-state index in [4.69, 9.17) is 14.6 Å². The topological polar surface area (TPSA) is 117 Å². The van der Waals surface area contributed by atoms with Crippen molar-refractivity contribution in [1.29, 1.82) is 0 Å². The molecule has 10 heteroatoms. The van der Waals surface area contributed by atoms with Gasteiger partial charge in [-0.3, -0.25) is 10.0 Å². The van der Waals surface area contributed by atoms with E-state index in [2.05, 4.69) is 0 Å². The number of hydrogen-bond donors (Lipinski definition) is 2. The van der Waals surface area contributed by atoms with Crippen LogP contribution in [0.15, 0.2) is 54.6 Å². The number of ether oxygens (including phenoxy) is 2. The van der Waals surface area contributed by atoms with E-state index in [0.29, 0.717) is 47.3 Å². The van der Waals surface area contributed by atoms with Gasteiger partial charge in [-0.05, 0) is 67.4 Å². The summed E-state index contributed by atoms with van der Waals surface area (Å²) in [6.45, 7) is 0.247. The lowest BCUT2D eigenvalue weighted by atomic mass is 9.77. The van der Waals surface area contributed by atoms with Crippen molar-refractivity contribution in [2.45, 2.75) is 18.3 Å². The average molecular weight is 481 g/mol. The molecule has 0 bridgehead atoms. The maximum Gasteiger partial charge on any atom is 0.343 e. The van der Waals surface area contributed by atoms with Crippen molar-refractivity contribution in [3.8, 4) is 28.4 Å². The van der Waals surface area contributed by atoms with Crippen LogP contribution in [0.3, 0.4) is 0 Å². The number of hydrogen-bond acceptors (Lipinski definition) is 6. The van der Waals surface area contributed by atoms with Crippen LogP contribution in [0.1, 0.15) is 18.5 Å². The van der Waals surface area contributed by atoms with Gasteiger partial charge in [0.15, 0.2) is 0 Å². The highest BCUT2D eigenvalue weighted by Crippen LogP contribution is 2.37. The summed E-state index contributed by atoms with van der Waals surface area (Å²) in [5.41, 5.74) is 1.14. The Morgan fingerprint density at radius 1 is 1.03 bits per heavy atom. The number of rotatable bonds is 6. The number of piperidine rings is 1. The van der Waals surface area contributed by atoms with E-state index in [-0.39, 0.29) is 6.54 Å². The van der Waals surface area contributed by atoms with Crippen LogP contribution in [0.4, 0.5) is 4.79 Å². The fourth-order valence-corrected chi connectivity index (χ4v) is 4.42. The summed E-state index contributed by atoms with van der Waals surface area (Å²) in [6.07, 6.45) is 0.766. The molecule has 4 rings (SSSR count). The molecule has 1 aliphatic rings. The molecular formula is C25H28N4O6. The summed E-state index contributed by atoms with van der Waals surface area (Å²) < 4.78 is 12.2. The second-order valence-corrected chi connectivity index (χ2v) is 8.47. The van der Waals surface area contributed by atoms with Crippen LogP contribution in [-0.4, -0.2) is 76.4 Å². The number of carboxylic acids is 1. The number of carbonyl (C=O) groups is 2. The quantitative estimate of drug-likeness (QED) is 0.410. The Balaban J connectivity index is 1.85. The fraction of sp³-hybridized carbons (Fsp3) is 0.320. The van der Waals surface area contributed by atoms with Gasteiger partial charge >= 0.3 is 12.0 Å². The van der Waals surface area contributed by atoms with Crippen LogP contribution >= 0.6 is 0 Å². The monoisotopic (exact) mass is 480 g/mol. The highest BCUT2D eigenvalue weighted by Gasteiger charge is 2.48. The largest absolute Gasteiger partial charge is 0.497 e. The lowest BCUT2D eigenvalue weighted by molar-refractivity contribution is -0.146. The number of aliphatic carboxylic acids is 1. The second-order valence-electron chi connectivity index (χ2n) is 8.47. The number of carboxylic acid groups (broad SMARTS) is 1. The van der Waals surface area contributed by atoms with E-state index >= 15 is 0 Å². The fourth-order valence-electron chi connectivity index (χ4n) is 4.42. The molecule has 1 aliphatic heterocycles. The zero-order valence-electron chi connectivity index (χ0n) is 19.8. The highest BCUT2D eigenvalue weighted by atomic mass is 16.5. The Morgan fingerprint density at radius 2 is 1.63 bits per heavy atom. The van der Waals surface area contributed by atoms with Crippen LogP contribution < -0.4 is 9.47 Å². The molecule has 1 unspecified atom stereocenters. The highest BCUT2D eigenvalue weighted by molar-refractivity contribution is 5.84. The van der Waals surface area contributed by atoms with Gasteiger partial charge in [0.25, 0.3) is 0 Å². The Labute approximate surface area is 202 Å². The third kappa shape index (κ3) is 4.52. The van der Waals surface area contributed by atoms with E-state index in [1.807, 2.05) is 36.4 Å². The first kappa shape index (κ1) is 24.1. The van der Waals surface area contributed by atoms with Gasteiger partial charge in [0.05, 0.1) is 31.3 Å². The molecule has 0 saturated carbocycles. The summed E-state index contributed by atoms with van der Waals surface area (Å²) in [4.78, 5) is 26.5. The number of hydroxylamine groups is 2. The van der Waals surface area contributed by atoms with Gasteiger partial charge in [-0.2, -0.15) is 5.10 Å². The van der Waals surface area contributed by atoms with E-state index in [1.54, 1.807) is 37.1 Å². The molecule has 35 heavy (non-hydrogen) atoms. The molecule has 1 saturated heterocycles. The minimum Gasteiger partial charge on any atom is -0.497 e. The standard InChI is InChI=1S/C25H28N4O6/c1-27(33)24(32)28-14-4-13-25(16-28,23(30)31)22-15-21(17-5-9-19(34-2)10-6-17)29(26-22)18-7-11-20(35-3)12-8-18/h5-12,15,33H,4,13-14,16H2,1-3H3,(H,30,31). The first-order chi connectivity index (χ1) is 16.8. The van der Waals surface area contributed by atoms with Crippen LogP contribution in [-0.2, 0) is 10.2 Å². The van der Waals surface area contributed by atoms with Crippen LogP contribution in [0.2, 0.25) is 0 Å². The summed E-state index contributed by atoms with van der Waals surface area (Å²) >= 11 is 0. The van der Waals surface area contributed by atoms with Gasteiger partial charge in [-0.1, -0.05) is 0 Å². The number of carbonyl (C=O) groups excluding carboxylic acids is 1. The Hall–Kier alpha value is -4.05. The molecule has 0 spiro atoms. The molecule has 2 aromatic carbocycles. The number of amides is 2. The lowest BCUT2D eigenvalue weighted by Crippen LogP contribution is -2.55. The van der Waals surface area contributed by atoms with Gasteiger partial charge in [0.1, 0.15) is 16.9 Å². The second kappa shape index (κ2) is 9.67. The number of methoxy groups -OCH3 is 2. The minimum atomic E-state index is -1.43. The zero-order valence-corrected chi connectivity index (χ0v) is 19.8. The lowest BCUT2D eigenvalue weighted by Gasteiger charge is -2.39. The first-order valence-corrected chi connectivity index (χ1v) is 11.1. The minimum absolute atomic E-state index is 0.103. The SMILES string of the molecule is COc1ccc(-c2cc(C3(C(=O)O)CCCN(C(=O)N(C)O)C3)nn2-c2ccc(OC)cc2)cc1. The number of nitrogens with zero attached hydrogens (tertiary/aromatic N) is 4. The van der Waals surface area contributed by atoms with Crippen molar-refractivity contribution in [3.63, 3.8) is 0 Å². The van der Waals surface area contributed by atoms with Gasteiger partial charge < -0.3 is 19.5 Å². The number of benzene rings is 2. The van der Waals surface area contributed by atoms with Crippen molar-refractivity contribution in [3.05, 3.63) is 60.3 Å². The van der Waals surface area contributed by atoms with E-state index in [0.717, 1.165) is 11.3 Å². The van der Waals surface area contributed by atoms with Gasteiger partial charge in [0, 0.05) is 25.7 Å².